The van der Waals surface area contributed by atoms with Crippen molar-refractivity contribution in [2.75, 3.05) is 37.7 Å². The second-order valence-electron chi connectivity index (χ2n) is 9.33. The molecule has 2 heterocycles. The van der Waals surface area contributed by atoms with E-state index in [2.05, 4.69) is 41.3 Å². The highest BCUT2D eigenvalue weighted by Crippen LogP contribution is 2.46. The molecule has 1 amide bonds. The first-order valence-corrected chi connectivity index (χ1v) is 11.5. The van der Waals surface area contributed by atoms with E-state index in [1.807, 2.05) is 17.0 Å². The highest BCUT2D eigenvalue weighted by Gasteiger charge is 2.42. The molecule has 1 unspecified atom stereocenters. The number of anilines is 1. The van der Waals surface area contributed by atoms with Crippen molar-refractivity contribution in [3.63, 3.8) is 0 Å². The Kier molecular flexibility index (Phi) is 5.38. The van der Waals surface area contributed by atoms with Crippen LogP contribution in [0, 0.1) is 5.92 Å². The lowest BCUT2D eigenvalue weighted by Crippen LogP contribution is -2.49. The zero-order valence-electron chi connectivity index (χ0n) is 17.7. The number of benzene rings is 2. The number of aliphatic hydroxyl groups excluding tert-OH is 1. The Morgan fingerprint density at radius 2 is 1.70 bits per heavy atom. The Balaban J connectivity index is 1.27. The summed E-state index contributed by atoms with van der Waals surface area (Å²) in [5.41, 5.74) is 5.79. The zero-order valence-corrected chi connectivity index (χ0v) is 17.7. The van der Waals surface area contributed by atoms with Crippen LogP contribution in [0.15, 0.2) is 48.5 Å². The van der Waals surface area contributed by atoms with Gasteiger partial charge in [-0.05, 0) is 79.8 Å². The van der Waals surface area contributed by atoms with Crippen molar-refractivity contribution < 1.29 is 9.90 Å². The second-order valence-corrected chi connectivity index (χ2v) is 9.33. The average Bonchev–Trinajstić information content (AvgIpc) is 3.14. The highest BCUT2D eigenvalue weighted by molar-refractivity contribution is 5.98. The van der Waals surface area contributed by atoms with E-state index in [0.717, 1.165) is 31.7 Å². The van der Waals surface area contributed by atoms with Gasteiger partial charge >= 0.3 is 0 Å². The maximum atomic E-state index is 13.3. The van der Waals surface area contributed by atoms with Crippen molar-refractivity contribution in [3.05, 3.63) is 65.2 Å². The van der Waals surface area contributed by atoms with Gasteiger partial charge in [0.1, 0.15) is 0 Å². The standard InChI is InChI=1S/C26H32N2O2/c29-17-5-14-28-24-9-4-2-7-21(24)18-22(25(28)30)19-27-15-12-26(13-16-27)11-10-20-6-1-3-8-23(20)26/h1-4,6-9,22,29H,5,10-19H2. The van der Waals surface area contributed by atoms with Gasteiger partial charge < -0.3 is 14.9 Å². The highest BCUT2D eigenvalue weighted by atomic mass is 16.3. The molecule has 1 spiro atoms. The van der Waals surface area contributed by atoms with Gasteiger partial charge in [-0.1, -0.05) is 42.5 Å². The van der Waals surface area contributed by atoms with Gasteiger partial charge in [0.2, 0.25) is 5.91 Å². The number of aryl methyl sites for hydroxylation is 1. The number of likely N-dealkylation sites (tertiary alicyclic amines) is 1. The van der Waals surface area contributed by atoms with Crippen LogP contribution in [-0.2, 0) is 23.1 Å². The molecule has 2 aromatic rings. The molecule has 0 saturated carbocycles. The summed E-state index contributed by atoms with van der Waals surface area (Å²) in [6, 6.07) is 17.3. The number of carbonyl (C=O) groups is 1. The fourth-order valence-corrected chi connectivity index (χ4v) is 6.00. The molecule has 1 N–H and O–H groups in total. The third-order valence-electron chi connectivity index (χ3n) is 7.66. The van der Waals surface area contributed by atoms with Crippen molar-refractivity contribution in [2.24, 2.45) is 5.92 Å². The van der Waals surface area contributed by atoms with Gasteiger partial charge in [-0.25, -0.2) is 0 Å². The van der Waals surface area contributed by atoms with Crippen molar-refractivity contribution in [3.8, 4) is 0 Å². The van der Waals surface area contributed by atoms with Crippen LogP contribution >= 0.6 is 0 Å². The minimum Gasteiger partial charge on any atom is -0.396 e. The van der Waals surface area contributed by atoms with Crippen molar-refractivity contribution >= 4 is 11.6 Å². The van der Waals surface area contributed by atoms with E-state index in [-0.39, 0.29) is 18.4 Å². The molecule has 0 radical (unpaired) electrons. The number of hydrogen-bond donors (Lipinski definition) is 1. The summed E-state index contributed by atoms with van der Waals surface area (Å²) in [7, 11) is 0. The van der Waals surface area contributed by atoms with E-state index in [9.17, 15) is 9.90 Å². The molecule has 158 valence electrons. The van der Waals surface area contributed by atoms with Crippen LogP contribution in [0.2, 0.25) is 0 Å². The van der Waals surface area contributed by atoms with Gasteiger partial charge in [-0.3, -0.25) is 4.79 Å². The molecule has 3 aliphatic rings. The number of carbonyl (C=O) groups excluding carboxylic acids is 1. The van der Waals surface area contributed by atoms with Crippen LogP contribution in [-0.4, -0.2) is 48.7 Å². The van der Waals surface area contributed by atoms with Crippen LogP contribution in [0.25, 0.3) is 0 Å². The lowest BCUT2D eigenvalue weighted by molar-refractivity contribution is -0.123. The molecule has 2 aliphatic heterocycles. The predicted molar refractivity (Wildman–Crippen MR) is 120 cm³/mol. The molecule has 0 bridgehead atoms. The third kappa shape index (κ3) is 3.46. The Hall–Kier alpha value is -2.17. The van der Waals surface area contributed by atoms with E-state index in [1.54, 1.807) is 11.1 Å². The van der Waals surface area contributed by atoms with E-state index in [0.29, 0.717) is 18.4 Å². The average molecular weight is 405 g/mol. The van der Waals surface area contributed by atoms with Crippen LogP contribution in [0.3, 0.4) is 0 Å². The minimum atomic E-state index is 0.0171. The Labute approximate surface area is 179 Å². The van der Waals surface area contributed by atoms with Crippen LogP contribution in [0.4, 0.5) is 5.69 Å². The fourth-order valence-electron chi connectivity index (χ4n) is 6.00. The molecule has 30 heavy (non-hydrogen) atoms. The first-order valence-electron chi connectivity index (χ1n) is 11.5. The number of amides is 1. The molecule has 1 fully saturated rings. The number of hydrogen-bond acceptors (Lipinski definition) is 3. The summed E-state index contributed by atoms with van der Waals surface area (Å²) >= 11 is 0. The summed E-state index contributed by atoms with van der Waals surface area (Å²) in [5.74, 6) is 0.247. The van der Waals surface area contributed by atoms with E-state index >= 15 is 0 Å². The SMILES string of the molecule is O=C1C(CN2CCC3(CCc4ccccc43)CC2)Cc2ccccc2N1CCCO. The molecule has 4 heteroatoms. The predicted octanol–water partition coefficient (Wildman–Crippen LogP) is 3.55. The molecular weight excluding hydrogens is 372 g/mol. The van der Waals surface area contributed by atoms with Crippen molar-refractivity contribution in [1.29, 1.82) is 0 Å². The van der Waals surface area contributed by atoms with Gasteiger partial charge in [0.25, 0.3) is 0 Å². The largest absolute Gasteiger partial charge is 0.396 e. The molecule has 2 aromatic carbocycles. The zero-order chi connectivity index (χ0) is 20.6. The fraction of sp³-hybridized carbons (Fsp3) is 0.500. The Morgan fingerprint density at radius 3 is 2.50 bits per heavy atom. The van der Waals surface area contributed by atoms with E-state index in [4.69, 9.17) is 0 Å². The normalized spacial score (nSPS) is 22.9. The van der Waals surface area contributed by atoms with Gasteiger partial charge in [0.15, 0.2) is 0 Å². The Bertz CT molecular complexity index is 917. The number of piperidine rings is 1. The quantitative estimate of drug-likeness (QED) is 0.829. The Morgan fingerprint density at radius 1 is 0.967 bits per heavy atom. The number of para-hydroxylation sites is 1. The lowest BCUT2D eigenvalue weighted by Gasteiger charge is -2.42. The van der Waals surface area contributed by atoms with Crippen LogP contribution in [0.5, 0.6) is 0 Å². The van der Waals surface area contributed by atoms with Crippen molar-refractivity contribution in [1.82, 2.24) is 4.90 Å². The van der Waals surface area contributed by atoms with E-state index in [1.165, 1.54) is 31.2 Å². The number of rotatable bonds is 5. The van der Waals surface area contributed by atoms with Gasteiger partial charge in [0.05, 0.1) is 5.92 Å². The molecule has 4 nitrogen and oxygen atoms in total. The molecule has 1 atom stereocenters. The number of fused-ring (bicyclic) bond motifs is 3. The molecule has 0 aromatic heterocycles. The molecule has 5 rings (SSSR count). The molecule has 1 aliphatic carbocycles. The number of nitrogens with zero attached hydrogens (tertiary/aromatic N) is 2. The maximum absolute atomic E-state index is 13.3. The monoisotopic (exact) mass is 404 g/mol. The molecular formula is C26H32N2O2. The smallest absolute Gasteiger partial charge is 0.231 e. The van der Waals surface area contributed by atoms with Crippen LogP contribution in [0.1, 0.15) is 42.4 Å². The number of aliphatic hydroxyl groups is 1. The topological polar surface area (TPSA) is 43.8 Å². The third-order valence-corrected chi connectivity index (χ3v) is 7.66. The van der Waals surface area contributed by atoms with Gasteiger partial charge in [0, 0.05) is 25.4 Å². The summed E-state index contributed by atoms with van der Waals surface area (Å²) in [4.78, 5) is 17.7. The van der Waals surface area contributed by atoms with Gasteiger partial charge in [-0.15, -0.1) is 0 Å². The van der Waals surface area contributed by atoms with Gasteiger partial charge in [-0.2, -0.15) is 0 Å². The first kappa shape index (κ1) is 19.8. The molecule has 1 saturated heterocycles. The summed E-state index contributed by atoms with van der Waals surface area (Å²) in [6.45, 7) is 3.72. The first-order chi connectivity index (χ1) is 14.7. The lowest BCUT2D eigenvalue weighted by atomic mass is 9.73. The maximum Gasteiger partial charge on any atom is 0.231 e. The summed E-state index contributed by atoms with van der Waals surface area (Å²) < 4.78 is 0. The summed E-state index contributed by atoms with van der Waals surface area (Å²) in [6.07, 6.45) is 6.36. The van der Waals surface area contributed by atoms with Crippen molar-refractivity contribution in [2.45, 2.75) is 43.9 Å². The van der Waals surface area contributed by atoms with Crippen LogP contribution < -0.4 is 4.90 Å². The summed E-state index contributed by atoms with van der Waals surface area (Å²) in [5, 5.41) is 9.28. The van der Waals surface area contributed by atoms with E-state index < -0.39 is 0 Å². The minimum absolute atomic E-state index is 0.0171. The second kappa shape index (κ2) is 8.16.